The molecule has 3 nitrogen and oxygen atoms in total. The third kappa shape index (κ3) is 4.82. The maximum Gasteiger partial charge on any atom is 0.0802 e. The van der Waals surface area contributed by atoms with Gasteiger partial charge in [0, 0.05) is 6.04 Å². The fourth-order valence-electron chi connectivity index (χ4n) is 1.30. The predicted molar refractivity (Wildman–Crippen MR) is 50.0 cm³/mol. The molecule has 0 heterocycles. The molecule has 0 bridgehead atoms. The Balaban J connectivity index is 0. The van der Waals surface area contributed by atoms with Crippen molar-refractivity contribution in [3.8, 4) is 0 Å². The van der Waals surface area contributed by atoms with Gasteiger partial charge >= 0.3 is 0 Å². The maximum atomic E-state index is 5.67. The van der Waals surface area contributed by atoms with Crippen LogP contribution in [-0.4, -0.2) is 12.1 Å². The summed E-state index contributed by atoms with van der Waals surface area (Å²) in [6.07, 6.45) is 4.50. The molecule has 0 aliphatic heterocycles. The van der Waals surface area contributed by atoms with Crippen LogP contribution < -0.4 is 11.6 Å². The summed E-state index contributed by atoms with van der Waals surface area (Å²) in [5.74, 6) is 5.01. The lowest BCUT2D eigenvalue weighted by Crippen LogP contribution is -2.33. The van der Waals surface area contributed by atoms with Crippen LogP contribution in [-0.2, 0) is 4.84 Å². The van der Waals surface area contributed by atoms with E-state index < -0.39 is 0 Å². The van der Waals surface area contributed by atoms with Crippen LogP contribution in [0, 0.1) is 0 Å². The minimum Gasteiger partial charge on any atom is -0.328 e. The highest BCUT2D eigenvalue weighted by atomic mass is 35.5. The first-order chi connectivity index (χ1) is 4.33. The van der Waals surface area contributed by atoms with Crippen LogP contribution in [0.15, 0.2) is 0 Å². The van der Waals surface area contributed by atoms with E-state index in [-0.39, 0.29) is 30.9 Å². The van der Waals surface area contributed by atoms with E-state index in [1.807, 2.05) is 0 Å². The summed E-state index contributed by atoms with van der Waals surface area (Å²) < 4.78 is 0. The number of halogens is 2. The van der Waals surface area contributed by atoms with E-state index in [0.717, 1.165) is 25.7 Å². The Morgan fingerprint density at radius 2 is 1.82 bits per heavy atom. The third-order valence-corrected chi connectivity index (χ3v) is 1.86. The average Bonchev–Trinajstić information content (AvgIpc) is 1.88. The van der Waals surface area contributed by atoms with Crippen LogP contribution in [0.1, 0.15) is 25.7 Å². The van der Waals surface area contributed by atoms with Gasteiger partial charge < -0.3 is 10.6 Å². The summed E-state index contributed by atoms with van der Waals surface area (Å²) in [5.41, 5.74) is 5.67. The number of hydrogen-bond acceptors (Lipinski definition) is 3. The minimum atomic E-state index is 0. The zero-order valence-corrected chi connectivity index (χ0v) is 8.00. The lowest BCUT2D eigenvalue weighted by Gasteiger charge is -2.24. The molecule has 0 saturated heterocycles. The lowest BCUT2D eigenvalue weighted by molar-refractivity contribution is 0.0229. The molecule has 11 heavy (non-hydrogen) atoms. The molecule has 0 aromatic rings. The van der Waals surface area contributed by atoms with E-state index in [1.54, 1.807) is 0 Å². The van der Waals surface area contributed by atoms with Gasteiger partial charge in [0.05, 0.1) is 6.10 Å². The van der Waals surface area contributed by atoms with Gasteiger partial charge in [-0.25, -0.2) is 5.90 Å². The summed E-state index contributed by atoms with van der Waals surface area (Å²) in [5, 5.41) is 0. The normalized spacial score (nSPS) is 30.0. The van der Waals surface area contributed by atoms with E-state index in [4.69, 9.17) is 11.6 Å². The van der Waals surface area contributed by atoms with Crippen LogP contribution in [0.5, 0.6) is 0 Å². The van der Waals surface area contributed by atoms with Crippen molar-refractivity contribution in [1.29, 1.82) is 0 Å². The minimum absolute atomic E-state index is 0. The van der Waals surface area contributed by atoms with E-state index in [1.165, 1.54) is 0 Å². The van der Waals surface area contributed by atoms with Crippen LogP contribution in [0.3, 0.4) is 0 Å². The Bertz CT molecular complexity index is 94.7. The molecule has 0 spiro atoms. The van der Waals surface area contributed by atoms with Crippen LogP contribution >= 0.6 is 24.8 Å². The molecule has 0 amide bonds. The summed E-state index contributed by atoms with van der Waals surface area (Å²) in [4.78, 5) is 4.68. The molecule has 1 saturated carbocycles. The smallest absolute Gasteiger partial charge is 0.0802 e. The third-order valence-electron chi connectivity index (χ3n) is 1.86. The molecule has 70 valence electrons. The molecule has 1 aliphatic carbocycles. The van der Waals surface area contributed by atoms with Crippen LogP contribution in [0.4, 0.5) is 0 Å². The Hall–Kier alpha value is 0.460. The SMILES string of the molecule is Cl.Cl.NO[C@H]1CCC[C@@H](N)C1. The molecule has 0 aromatic carbocycles. The zero-order valence-electron chi connectivity index (χ0n) is 6.36. The largest absolute Gasteiger partial charge is 0.328 e. The molecule has 0 radical (unpaired) electrons. The van der Waals surface area contributed by atoms with E-state index >= 15 is 0 Å². The first-order valence-corrected chi connectivity index (χ1v) is 3.44. The summed E-state index contributed by atoms with van der Waals surface area (Å²) in [6, 6.07) is 0.312. The fourth-order valence-corrected chi connectivity index (χ4v) is 1.30. The predicted octanol–water partition coefficient (Wildman–Crippen LogP) is 0.990. The quantitative estimate of drug-likeness (QED) is 0.624. The highest BCUT2D eigenvalue weighted by Crippen LogP contribution is 2.17. The van der Waals surface area contributed by atoms with Crippen LogP contribution in [0.25, 0.3) is 0 Å². The Morgan fingerprint density at radius 1 is 1.18 bits per heavy atom. The molecule has 2 atom stereocenters. The van der Waals surface area contributed by atoms with Gasteiger partial charge in [0.25, 0.3) is 0 Å². The standard InChI is InChI=1S/C6H14N2O.2ClH/c7-5-2-1-3-6(4-5)9-8;;/h5-6H,1-4,7-8H2;2*1H/t5-,6+;;/m1../s1. The number of rotatable bonds is 1. The van der Waals surface area contributed by atoms with Crippen molar-refractivity contribution in [1.82, 2.24) is 0 Å². The zero-order chi connectivity index (χ0) is 6.69. The van der Waals surface area contributed by atoms with E-state index in [2.05, 4.69) is 4.84 Å². The maximum absolute atomic E-state index is 5.67. The number of nitrogens with two attached hydrogens (primary N) is 2. The van der Waals surface area contributed by atoms with Gasteiger partial charge in [-0.1, -0.05) is 0 Å². The topological polar surface area (TPSA) is 61.3 Å². The second-order valence-electron chi connectivity index (χ2n) is 2.68. The molecule has 0 unspecified atom stereocenters. The summed E-state index contributed by atoms with van der Waals surface area (Å²) in [6.45, 7) is 0. The average molecular weight is 203 g/mol. The summed E-state index contributed by atoms with van der Waals surface area (Å²) in [7, 11) is 0. The first-order valence-electron chi connectivity index (χ1n) is 3.44. The lowest BCUT2D eigenvalue weighted by atomic mass is 9.94. The molecular weight excluding hydrogens is 187 g/mol. The van der Waals surface area contributed by atoms with Gasteiger partial charge in [0.2, 0.25) is 0 Å². The van der Waals surface area contributed by atoms with Crippen molar-refractivity contribution < 1.29 is 4.84 Å². The number of hydrogen-bond donors (Lipinski definition) is 2. The van der Waals surface area contributed by atoms with Crippen molar-refractivity contribution >= 4 is 24.8 Å². The molecular formula is C6H16Cl2N2O. The van der Waals surface area contributed by atoms with Gasteiger partial charge in [0.15, 0.2) is 0 Å². The highest BCUT2D eigenvalue weighted by molar-refractivity contribution is 5.85. The Labute approximate surface area is 79.6 Å². The summed E-state index contributed by atoms with van der Waals surface area (Å²) >= 11 is 0. The van der Waals surface area contributed by atoms with Crippen molar-refractivity contribution in [2.45, 2.75) is 37.8 Å². The monoisotopic (exact) mass is 202 g/mol. The molecule has 1 rings (SSSR count). The van der Waals surface area contributed by atoms with Crippen molar-refractivity contribution in [3.05, 3.63) is 0 Å². The van der Waals surface area contributed by atoms with E-state index in [9.17, 15) is 0 Å². The first kappa shape index (κ1) is 14.0. The molecule has 0 aromatic heterocycles. The van der Waals surface area contributed by atoms with Crippen molar-refractivity contribution in [2.24, 2.45) is 11.6 Å². The Kier molecular flexibility index (Phi) is 9.08. The van der Waals surface area contributed by atoms with Crippen molar-refractivity contribution in [3.63, 3.8) is 0 Å². The van der Waals surface area contributed by atoms with E-state index in [0.29, 0.717) is 6.04 Å². The van der Waals surface area contributed by atoms with Gasteiger partial charge in [-0.15, -0.1) is 24.8 Å². The Morgan fingerprint density at radius 3 is 2.18 bits per heavy atom. The molecule has 1 aliphatic rings. The second-order valence-corrected chi connectivity index (χ2v) is 2.68. The molecule has 1 fully saturated rings. The fraction of sp³-hybridized carbons (Fsp3) is 1.00. The second kappa shape index (κ2) is 7.13. The van der Waals surface area contributed by atoms with Gasteiger partial charge in [-0.3, -0.25) is 0 Å². The molecule has 4 N–H and O–H groups in total. The van der Waals surface area contributed by atoms with Crippen molar-refractivity contribution in [2.75, 3.05) is 0 Å². The van der Waals surface area contributed by atoms with Gasteiger partial charge in [-0.05, 0) is 25.7 Å². The van der Waals surface area contributed by atoms with Gasteiger partial charge in [0.1, 0.15) is 0 Å². The molecule has 5 heteroatoms. The van der Waals surface area contributed by atoms with Gasteiger partial charge in [-0.2, -0.15) is 0 Å². The highest BCUT2D eigenvalue weighted by Gasteiger charge is 2.18. The van der Waals surface area contributed by atoms with Crippen LogP contribution in [0.2, 0.25) is 0 Å².